The Hall–Kier alpha value is -3.12. The first-order valence-corrected chi connectivity index (χ1v) is 8.62. The van der Waals surface area contributed by atoms with Gasteiger partial charge in [0.15, 0.2) is 0 Å². The summed E-state index contributed by atoms with van der Waals surface area (Å²) in [6.45, 7) is 1.43. The first-order chi connectivity index (χ1) is 13.1. The van der Waals surface area contributed by atoms with Gasteiger partial charge in [-0.3, -0.25) is 4.79 Å². The molecule has 10 heteroatoms. The molecule has 2 rings (SSSR count). The maximum atomic E-state index is 13.0. The number of anilines is 3. The van der Waals surface area contributed by atoms with Gasteiger partial charge in [0, 0.05) is 19.6 Å². The van der Waals surface area contributed by atoms with Crippen molar-refractivity contribution in [1.29, 1.82) is 0 Å². The maximum absolute atomic E-state index is 13.0. The lowest BCUT2D eigenvalue weighted by atomic mass is 10.2. The van der Waals surface area contributed by atoms with Crippen molar-refractivity contribution in [2.45, 2.75) is 6.54 Å². The number of nitrogens with one attached hydrogen (secondary N) is 4. The predicted molar refractivity (Wildman–Crippen MR) is 103 cm³/mol. The Morgan fingerprint density at radius 1 is 1.04 bits per heavy atom. The summed E-state index contributed by atoms with van der Waals surface area (Å²) >= 11 is 5.41. The zero-order valence-electron chi connectivity index (χ0n) is 14.4. The van der Waals surface area contributed by atoms with Gasteiger partial charge < -0.3 is 21.3 Å². The molecule has 1 aromatic carbocycles. The van der Waals surface area contributed by atoms with E-state index in [0.29, 0.717) is 37.5 Å². The molecule has 0 aliphatic carbocycles. The second kappa shape index (κ2) is 10.8. The van der Waals surface area contributed by atoms with Crippen LogP contribution in [0.25, 0.3) is 0 Å². The number of hydrogen-bond donors (Lipinski definition) is 4. The van der Waals surface area contributed by atoms with Crippen molar-refractivity contribution in [3.63, 3.8) is 0 Å². The summed E-state index contributed by atoms with van der Waals surface area (Å²) in [6.07, 6.45) is 5.24. The highest BCUT2D eigenvalue weighted by molar-refractivity contribution is 6.27. The minimum absolute atomic E-state index is 0.0939. The second-order valence-electron chi connectivity index (χ2n) is 5.25. The fraction of sp³-hybridized carbons (Fsp3) is 0.294. The molecule has 0 aliphatic rings. The number of halogens is 2. The average Bonchev–Trinajstić information content (AvgIpc) is 2.69. The zero-order chi connectivity index (χ0) is 19.5. The summed E-state index contributed by atoms with van der Waals surface area (Å²) in [6, 6.07) is 6.10. The van der Waals surface area contributed by atoms with E-state index in [-0.39, 0.29) is 24.1 Å². The summed E-state index contributed by atoms with van der Waals surface area (Å²) in [5.74, 6) is 2.73. The highest BCUT2D eigenvalue weighted by Gasteiger charge is 2.06. The smallest absolute Gasteiger partial charge is 0.234 e. The third kappa shape index (κ3) is 7.33. The van der Waals surface area contributed by atoms with E-state index in [2.05, 4.69) is 42.1 Å². The number of nitrogens with zero attached hydrogens (tertiary/aromatic N) is 3. The number of rotatable bonds is 10. The predicted octanol–water partition coefficient (Wildman–Crippen LogP) is 1.43. The van der Waals surface area contributed by atoms with Gasteiger partial charge in [-0.1, -0.05) is 18.1 Å². The minimum atomic E-state index is -0.299. The van der Waals surface area contributed by atoms with Gasteiger partial charge in [-0.2, -0.15) is 15.0 Å². The number of carbonyl (C=O) groups is 1. The van der Waals surface area contributed by atoms with E-state index in [0.717, 1.165) is 5.56 Å². The second-order valence-corrected chi connectivity index (χ2v) is 5.52. The van der Waals surface area contributed by atoms with Crippen LogP contribution >= 0.6 is 11.6 Å². The van der Waals surface area contributed by atoms with E-state index in [1.54, 1.807) is 12.1 Å². The van der Waals surface area contributed by atoms with E-state index < -0.39 is 0 Å². The summed E-state index contributed by atoms with van der Waals surface area (Å²) in [4.78, 5) is 23.8. The van der Waals surface area contributed by atoms with Crippen LogP contribution in [0.3, 0.4) is 0 Å². The Morgan fingerprint density at radius 3 is 2.30 bits per heavy atom. The molecule has 0 spiro atoms. The molecule has 1 aromatic heterocycles. The van der Waals surface area contributed by atoms with Crippen molar-refractivity contribution >= 4 is 35.4 Å². The van der Waals surface area contributed by atoms with Gasteiger partial charge in [0.1, 0.15) is 11.7 Å². The summed E-state index contributed by atoms with van der Waals surface area (Å²) in [7, 11) is 0. The molecule has 4 N–H and O–H groups in total. The lowest BCUT2D eigenvalue weighted by Crippen LogP contribution is -2.29. The van der Waals surface area contributed by atoms with Crippen molar-refractivity contribution in [2.75, 3.05) is 41.5 Å². The Balaban J connectivity index is 2.00. The SMILES string of the molecule is C#CCNc1nc(NCCNC(=O)CCl)nc(NCc2ccc(F)cc2)n1. The lowest BCUT2D eigenvalue weighted by Gasteiger charge is -2.11. The Morgan fingerprint density at radius 2 is 1.67 bits per heavy atom. The molecule has 0 radical (unpaired) electrons. The third-order valence-electron chi connectivity index (χ3n) is 3.20. The van der Waals surface area contributed by atoms with Crippen LogP contribution in [0, 0.1) is 18.2 Å². The van der Waals surface area contributed by atoms with Crippen molar-refractivity contribution in [3.8, 4) is 12.3 Å². The molecular formula is C17H19ClFN7O. The van der Waals surface area contributed by atoms with Crippen LogP contribution in [-0.2, 0) is 11.3 Å². The lowest BCUT2D eigenvalue weighted by molar-refractivity contribution is -0.118. The third-order valence-corrected chi connectivity index (χ3v) is 3.44. The van der Waals surface area contributed by atoms with Crippen LogP contribution in [0.4, 0.5) is 22.2 Å². The Kier molecular flexibility index (Phi) is 8.06. The van der Waals surface area contributed by atoms with Crippen molar-refractivity contribution in [3.05, 3.63) is 35.6 Å². The number of benzene rings is 1. The number of carbonyl (C=O) groups excluding carboxylic acids is 1. The molecule has 8 nitrogen and oxygen atoms in total. The molecular weight excluding hydrogens is 373 g/mol. The monoisotopic (exact) mass is 391 g/mol. The molecule has 1 heterocycles. The highest BCUT2D eigenvalue weighted by Crippen LogP contribution is 2.11. The molecule has 0 bridgehead atoms. The number of alkyl halides is 1. The Bertz CT molecular complexity index is 795. The topological polar surface area (TPSA) is 104 Å². The van der Waals surface area contributed by atoms with Crippen LogP contribution in [0.5, 0.6) is 0 Å². The van der Waals surface area contributed by atoms with E-state index in [1.165, 1.54) is 12.1 Å². The standard InChI is InChI=1S/C17H19ClFN7O/c1-2-7-21-15-24-16(22-9-8-20-14(27)10-18)26-17(25-15)23-11-12-3-5-13(19)6-4-12/h1,3-6H,7-11H2,(H,20,27)(H3,21,22,23,24,25,26). The minimum Gasteiger partial charge on any atom is -0.353 e. The van der Waals surface area contributed by atoms with Crippen LogP contribution in [-0.4, -0.2) is 46.4 Å². The van der Waals surface area contributed by atoms with Gasteiger partial charge in [0.2, 0.25) is 23.8 Å². The molecule has 0 saturated carbocycles. The largest absolute Gasteiger partial charge is 0.353 e. The Labute approximate surface area is 161 Å². The number of hydrogen-bond acceptors (Lipinski definition) is 7. The molecule has 142 valence electrons. The van der Waals surface area contributed by atoms with Crippen LogP contribution < -0.4 is 21.3 Å². The van der Waals surface area contributed by atoms with Gasteiger partial charge in [-0.25, -0.2) is 4.39 Å². The normalized spacial score (nSPS) is 9.96. The van der Waals surface area contributed by atoms with Crippen LogP contribution in [0.15, 0.2) is 24.3 Å². The molecule has 0 aliphatic heterocycles. The van der Waals surface area contributed by atoms with Gasteiger partial charge in [-0.05, 0) is 17.7 Å². The quantitative estimate of drug-likeness (QED) is 0.276. The molecule has 0 atom stereocenters. The highest BCUT2D eigenvalue weighted by atomic mass is 35.5. The fourth-order valence-electron chi connectivity index (χ4n) is 1.95. The summed E-state index contributed by atoms with van der Waals surface area (Å²) < 4.78 is 13.0. The molecule has 0 unspecified atom stereocenters. The van der Waals surface area contributed by atoms with Gasteiger partial charge in [0.25, 0.3) is 0 Å². The number of amides is 1. The van der Waals surface area contributed by atoms with Gasteiger partial charge >= 0.3 is 0 Å². The number of terminal acetylenes is 1. The number of aromatic nitrogens is 3. The summed E-state index contributed by atoms with van der Waals surface area (Å²) in [5, 5.41) is 11.5. The van der Waals surface area contributed by atoms with Crippen molar-refractivity contribution in [2.24, 2.45) is 0 Å². The average molecular weight is 392 g/mol. The van der Waals surface area contributed by atoms with Crippen LogP contribution in [0.1, 0.15) is 5.56 Å². The van der Waals surface area contributed by atoms with E-state index in [4.69, 9.17) is 18.0 Å². The van der Waals surface area contributed by atoms with Gasteiger partial charge in [0.05, 0.1) is 6.54 Å². The van der Waals surface area contributed by atoms with Crippen LogP contribution in [0.2, 0.25) is 0 Å². The maximum Gasteiger partial charge on any atom is 0.234 e. The molecule has 27 heavy (non-hydrogen) atoms. The van der Waals surface area contributed by atoms with E-state index in [1.807, 2.05) is 0 Å². The molecule has 2 aromatic rings. The first-order valence-electron chi connectivity index (χ1n) is 8.09. The summed E-state index contributed by atoms with van der Waals surface area (Å²) in [5.41, 5.74) is 0.869. The van der Waals surface area contributed by atoms with Crippen molar-refractivity contribution < 1.29 is 9.18 Å². The fourth-order valence-corrected chi connectivity index (χ4v) is 2.04. The van der Waals surface area contributed by atoms with Gasteiger partial charge in [-0.15, -0.1) is 18.0 Å². The van der Waals surface area contributed by atoms with E-state index in [9.17, 15) is 9.18 Å². The molecule has 0 saturated heterocycles. The first kappa shape index (κ1) is 20.2. The van der Waals surface area contributed by atoms with Crippen molar-refractivity contribution in [1.82, 2.24) is 20.3 Å². The van der Waals surface area contributed by atoms with E-state index >= 15 is 0 Å². The molecule has 0 fully saturated rings. The molecule has 1 amide bonds. The zero-order valence-corrected chi connectivity index (χ0v) is 15.2.